The summed E-state index contributed by atoms with van der Waals surface area (Å²) < 4.78 is 11.4. The van der Waals surface area contributed by atoms with Gasteiger partial charge >= 0.3 is 0 Å². The summed E-state index contributed by atoms with van der Waals surface area (Å²) in [5, 5.41) is 6.33. The van der Waals surface area contributed by atoms with Crippen LogP contribution in [0.5, 0.6) is 5.75 Å². The van der Waals surface area contributed by atoms with Crippen LogP contribution in [0.2, 0.25) is 0 Å². The highest BCUT2D eigenvalue weighted by Crippen LogP contribution is 2.45. The number of benzene rings is 1. The van der Waals surface area contributed by atoms with Gasteiger partial charge in [0.25, 0.3) is 0 Å². The van der Waals surface area contributed by atoms with E-state index in [1.807, 2.05) is 18.2 Å². The number of piperidine rings is 1. The van der Waals surface area contributed by atoms with Crippen LogP contribution in [-0.4, -0.2) is 44.9 Å². The molecule has 2 aliphatic heterocycles. The van der Waals surface area contributed by atoms with E-state index >= 15 is 0 Å². The van der Waals surface area contributed by atoms with Crippen LogP contribution in [0.25, 0.3) is 0 Å². The average molecular weight is 318 g/mol. The van der Waals surface area contributed by atoms with Crippen molar-refractivity contribution in [1.82, 2.24) is 10.6 Å². The van der Waals surface area contributed by atoms with Crippen LogP contribution in [0.1, 0.15) is 37.2 Å². The number of methoxy groups -OCH3 is 1. The second-order valence-electron chi connectivity index (χ2n) is 6.52. The first-order valence-corrected chi connectivity index (χ1v) is 8.47. The zero-order chi connectivity index (χ0) is 16.1. The molecule has 1 amide bonds. The van der Waals surface area contributed by atoms with Crippen molar-refractivity contribution < 1.29 is 14.3 Å². The third-order valence-electron chi connectivity index (χ3n) is 4.88. The summed E-state index contributed by atoms with van der Waals surface area (Å²) in [7, 11) is 1.64. The molecule has 0 aromatic heterocycles. The number of amides is 1. The Morgan fingerprint density at radius 3 is 2.96 bits per heavy atom. The summed E-state index contributed by atoms with van der Waals surface area (Å²) in [5.41, 5.74) is 1.05. The molecule has 0 saturated carbocycles. The van der Waals surface area contributed by atoms with Crippen molar-refractivity contribution in [2.24, 2.45) is 0 Å². The van der Waals surface area contributed by atoms with Gasteiger partial charge in [-0.05, 0) is 44.0 Å². The maximum atomic E-state index is 12.2. The molecule has 5 nitrogen and oxygen atoms in total. The van der Waals surface area contributed by atoms with Crippen LogP contribution in [0.4, 0.5) is 0 Å². The Bertz CT molecular complexity index is 541. The Morgan fingerprint density at radius 2 is 2.17 bits per heavy atom. The van der Waals surface area contributed by atoms with Crippen molar-refractivity contribution in [1.29, 1.82) is 0 Å². The second kappa shape index (κ2) is 7.32. The van der Waals surface area contributed by atoms with Crippen molar-refractivity contribution >= 4 is 5.91 Å². The average Bonchev–Trinajstić information content (AvgIpc) is 2.56. The zero-order valence-corrected chi connectivity index (χ0v) is 13.8. The Morgan fingerprint density at radius 1 is 1.39 bits per heavy atom. The minimum atomic E-state index is -0.114. The number of ether oxygens (including phenoxy) is 2. The molecule has 2 aliphatic rings. The van der Waals surface area contributed by atoms with E-state index in [-0.39, 0.29) is 17.4 Å². The molecule has 126 valence electrons. The molecule has 1 fully saturated rings. The Balaban J connectivity index is 1.73. The number of para-hydroxylation sites is 1. The predicted molar refractivity (Wildman–Crippen MR) is 88.8 cm³/mol. The number of fused-ring (bicyclic) bond motifs is 1. The lowest BCUT2D eigenvalue weighted by molar-refractivity contribution is -0.122. The summed E-state index contributed by atoms with van der Waals surface area (Å²) >= 11 is 0. The summed E-state index contributed by atoms with van der Waals surface area (Å²) in [6.07, 6.45) is 3.44. The first kappa shape index (κ1) is 16.3. The maximum absolute atomic E-state index is 12.2. The van der Waals surface area contributed by atoms with E-state index in [1.165, 1.54) is 5.56 Å². The highest BCUT2D eigenvalue weighted by Gasteiger charge is 2.42. The molecule has 0 unspecified atom stereocenters. The third kappa shape index (κ3) is 3.85. The standard InChI is InChI=1S/C18H26N2O3/c1-22-11-10-20-17(21)12-14-13-18(6-8-19-9-7-18)23-16-5-3-2-4-15(14)16/h2-5,14,19H,6-13H2,1H3,(H,20,21)/t14-/m0/s1. The highest BCUT2D eigenvalue weighted by atomic mass is 16.5. The topological polar surface area (TPSA) is 59.6 Å². The maximum Gasteiger partial charge on any atom is 0.220 e. The van der Waals surface area contributed by atoms with E-state index < -0.39 is 0 Å². The van der Waals surface area contributed by atoms with Crippen molar-refractivity contribution in [3.8, 4) is 5.75 Å². The van der Waals surface area contributed by atoms with Crippen LogP contribution in [0, 0.1) is 0 Å². The van der Waals surface area contributed by atoms with Crippen LogP contribution in [0.3, 0.4) is 0 Å². The van der Waals surface area contributed by atoms with E-state index in [0.717, 1.165) is 38.1 Å². The summed E-state index contributed by atoms with van der Waals surface area (Å²) in [5.74, 6) is 1.27. The summed E-state index contributed by atoms with van der Waals surface area (Å²) in [6.45, 7) is 3.07. The molecular formula is C18H26N2O3. The van der Waals surface area contributed by atoms with Gasteiger partial charge in [-0.1, -0.05) is 18.2 Å². The van der Waals surface area contributed by atoms with E-state index in [4.69, 9.17) is 9.47 Å². The van der Waals surface area contributed by atoms with Crippen LogP contribution in [0.15, 0.2) is 24.3 Å². The van der Waals surface area contributed by atoms with Crippen molar-refractivity contribution in [3.63, 3.8) is 0 Å². The Hall–Kier alpha value is -1.59. The Labute approximate surface area is 137 Å². The van der Waals surface area contributed by atoms with Gasteiger partial charge in [-0.25, -0.2) is 0 Å². The van der Waals surface area contributed by atoms with Crippen molar-refractivity contribution in [3.05, 3.63) is 29.8 Å². The lowest BCUT2D eigenvalue weighted by Crippen LogP contribution is -2.49. The largest absolute Gasteiger partial charge is 0.487 e. The lowest BCUT2D eigenvalue weighted by atomic mass is 9.76. The van der Waals surface area contributed by atoms with E-state index in [1.54, 1.807) is 7.11 Å². The summed E-state index contributed by atoms with van der Waals surface area (Å²) in [4.78, 5) is 12.2. The van der Waals surface area contributed by atoms with Gasteiger partial charge in [0.2, 0.25) is 5.91 Å². The lowest BCUT2D eigenvalue weighted by Gasteiger charge is -2.44. The molecule has 3 rings (SSSR count). The number of carbonyl (C=O) groups is 1. The van der Waals surface area contributed by atoms with Crippen LogP contribution >= 0.6 is 0 Å². The molecule has 2 heterocycles. The van der Waals surface area contributed by atoms with Crippen molar-refractivity contribution in [2.75, 3.05) is 33.4 Å². The molecule has 0 aliphatic carbocycles. The number of nitrogens with one attached hydrogen (secondary N) is 2. The quantitative estimate of drug-likeness (QED) is 0.813. The fraction of sp³-hybridized carbons (Fsp3) is 0.611. The van der Waals surface area contributed by atoms with Gasteiger partial charge in [0.1, 0.15) is 11.4 Å². The molecule has 1 spiro atoms. The van der Waals surface area contributed by atoms with Crippen LogP contribution in [-0.2, 0) is 9.53 Å². The molecule has 0 bridgehead atoms. The predicted octanol–water partition coefficient (Wildman–Crippen LogP) is 1.83. The van der Waals surface area contributed by atoms with Crippen molar-refractivity contribution in [2.45, 2.75) is 37.2 Å². The van der Waals surface area contributed by atoms with Gasteiger partial charge < -0.3 is 20.1 Å². The molecule has 23 heavy (non-hydrogen) atoms. The number of rotatable bonds is 5. The molecule has 2 N–H and O–H groups in total. The highest BCUT2D eigenvalue weighted by molar-refractivity contribution is 5.77. The fourth-order valence-corrected chi connectivity index (χ4v) is 3.70. The smallest absolute Gasteiger partial charge is 0.220 e. The zero-order valence-electron chi connectivity index (χ0n) is 13.8. The number of carbonyl (C=O) groups excluding carboxylic acids is 1. The van der Waals surface area contributed by atoms with Gasteiger partial charge in [0.05, 0.1) is 6.61 Å². The number of hydrogen-bond donors (Lipinski definition) is 2. The first-order chi connectivity index (χ1) is 11.2. The second-order valence-corrected chi connectivity index (χ2v) is 6.52. The van der Waals surface area contributed by atoms with Gasteiger partial charge in [0, 0.05) is 26.0 Å². The van der Waals surface area contributed by atoms with Crippen LogP contribution < -0.4 is 15.4 Å². The summed E-state index contributed by atoms with van der Waals surface area (Å²) in [6, 6.07) is 8.16. The van der Waals surface area contributed by atoms with Gasteiger partial charge in [-0.15, -0.1) is 0 Å². The monoisotopic (exact) mass is 318 g/mol. The number of hydrogen-bond acceptors (Lipinski definition) is 4. The fourth-order valence-electron chi connectivity index (χ4n) is 3.70. The molecule has 1 atom stereocenters. The van der Waals surface area contributed by atoms with Gasteiger partial charge in [0.15, 0.2) is 0 Å². The van der Waals surface area contributed by atoms with Gasteiger partial charge in [-0.2, -0.15) is 0 Å². The first-order valence-electron chi connectivity index (χ1n) is 8.47. The molecule has 1 aromatic rings. The van der Waals surface area contributed by atoms with Gasteiger partial charge in [-0.3, -0.25) is 4.79 Å². The van der Waals surface area contributed by atoms with E-state index in [9.17, 15) is 4.79 Å². The molecule has 1 aromatic carbocycles. The Kier molecular flexibility index (Phi) is 5.18. The minimum absolute atomic E-state index is 0.0906. The molecular weight excluding hydrogens is 292 g/mol. The molecule has 0 radical (unpaired) electrons. The van der Waals surface area contributed by atoms with E-state index in [0.29, 0.717) is 19.6 Å². The third-order valence-corrected chi connectivity index (χ3v) is 4.88. The van der Waals surface area contributed by atoms with E-state index in [2.05, 4.69) is 16.7 Å². The normalized spacial score (nSPS) is 22.2. The molecule has 1 saturated heterocycles. The SMILES string of the molecule is COCCNC(=O)C[C@H]1CC2(CCNCC2)Oc2ccccc21. The molecule has 5 heteroatoms. The minimum Gasteiger partial charge on any atom is -0.487 e.